The van der Waals surface area contributed by atoms with Crippen molar-refractivity contribution < 1.29 is 9.53 Å². The zero-order chi connectivity index (χ0) is 10.6. The fourth-order valence-electron chi connectivity index (χ4n) is 2.01. The first-order valence-corrected chi connectivity index (χ1v) is 5.23. The number of hydrogen-bond acceptors (Lipinski definition) is 2. The molecule has 1 aliphatic carbocycles. The summed E-state index contributed by atoms with van der Waals surface area (Å²) in [6, 6.07) is 0. The van der Waals surface area contributed by atoms with Gasteiger partial charge in [-0.15, -0.1) is 0 Å². The van der Waals surface area contributed by atoms with Crippen LogP contribution in [-0.2, 0) is 9.53 Å². The highest BCUT2D eigenvalue weighted by Crippen LogP contribution is 2.36. The van der Waals surface area contributed by atoms with E-state index in [1.165, 1.54) is 5.57 Å². The van der Waals surface area contributed by atoms with Crippen LogP contribution in [0.2, 0.25) is 0 Å². The van der Waals surface area contributed by atoms with Gasteiger partial charge >= 0.3 is 5.97 Å². The minimum atomic E-state index is -0.0718. The average molecular weight is 194 g/mol. The third-order valence-electron chi connectivity index (χ3n) is 2.68. The van der Waals surface area contributed by atoms with Crippen LogP contribution < -0.4 is 0 Å². The summed E-state index contributed by atoms with van der Waals surface area (Å²) in [5.74, 6) is -0.0939. The fourth-order valence-corrected chi connectivity index (χ4v) is 2.01. The summed E-state index contributed by atoms with van der Waals surface area (Å²) in [6.07, 6.45) is 6.02. The average Bonchev–Trinajstić information content (AvgIpc) is 2.60. The van der Waals surface area contributed by atoms with Crippen LogP contribution in [0.15, 0.2) is 23.3 Å². The van der Waals surface area contributed by atoms with Crippen molar-refractivity contribution in [3.63, 3.8) is 0 Å². The Labute approximate surface area is 85.6 Å². The van der Waals surface area contributed by atoms with Crippen LogP contribution in [0.1, 0.15) is 33.6 Å². The lowest BCUT2D eigenvalue weighted by molar-refractivity contribution is -0.146. The van der Waals surface area contributed by atoms with E-state index in [1.807, 2.05) is 26.8 Å². The van der Waals surface area contributed by atoms with Gasteiger partial charge in [0.2, 0.25) is 0 Å². The predicted octanol–water partition coefficient (Wildman–Crippen LogP) is 2.85. The van der Waals surface area contributed by atoms with E-state index >= 15 is 0 Å². The first-order chi connectivity index (χ1) is 6.74. The van der Waals surface area contributed by atoms with Crippen LogP contribution in [0.3, 0.4) is 0 Å². The fraction of sp³-hybridized carbons (Fsp3) is 0.583. The second-order valence-corrected chi connectivity index (χ2v) is 3.40. The second kappa shape index (κ2) is 4.99. The molecule has 0 radical (unpaired) electrons. The topological polar surface area (TPSA) is 26.3 Å². The van der Waals surface area contributed by atoms with Crippen LogP contribution in [-0.4, -0.2) is 12.6 Å². The van der Waals surface area contributed by atoms with Crippen molar-refractivity contribution in [2.45, 2.75) is 33.6 Å². The van der Waals surface area contributed by atoms with Gasteiger partial charge in [0.05, 0.1) is 12.5 Å². The van der Waals surface area contributed by atoms with Crippen LogP contribution >= 0.6 is 0 Å². The molecular weight excluding hydrogens is 176 g/mol. The monoisotopic (exact) mass is 194 g/mol. The Bertz CT molecular complexity index is 274. The van der Waals surface area contributed by atoms with Crippen LogP contribution in [0, 0.1) is 5.92 Å². The van der Waals surface area contributed by atoms with Gasteiger partial charge < -0.3 is 4.74 Å². The molecule has 1 atom stereocenters. The third-order valence-corrected chi connectivity index (χ3v) is 2.68. The van der Waals surface area contributed by atoms with Crippen molar-refractivity contribution in [3.8, 4) is 0 Å². The van der Waals surface area contributed by atoms with Gasteiger partial charge in [-0.05, 0) is 44.8 Å². The minimum absolute atomic E-state index is 0.0221. The Balaban J connectivity index is 2.78. The smallest absolute Gasteiger partial charge is 0.313 e. The number of carbonyl (C=O) groups excluding carboxylic acids is 1. The SMILES string of the molecule is C/C=C1\CCC(C(=O)OCC)\C1=C/C. The van der Waals surface area contributed by atoms with E-state index in [1.54, 1.807) is 0 Å². The summed E-state index contributed by atoms with van der Waals surface area (Å²) >= 11 is 0. The summed E-state index contributed by atoms with van der Waals surface area (Å²) < 4.78 is 5.04. The Kier molecular flexibility index (Phi) is 3.93. The van der Waals surface area contributed by atoms with Gasteiger partial charge in [0, 0.05) is 0 Å². The molecule has 0 aromatic rings. The lowest BCUT2D eigenvalue weighted by atomic mass is 10.0. The lowest BCUT2D eigenvalue weighted by Crippen LogP contribution is -2.16. The normalized spacial score (nSPS) is 27.2. The Morgan fingerprint density at radius 3 is 2.71 bits per heavy atom. The highest BCUT2D eigenvalue weighted by molar-refractivity contribution is 5.78. The molecule has 2 nitrogen and oxygen atoms in total. The standard InChI is InChI=1S/C12H18O2/c1-4-9-7-8-11(10(9)5-2)12(13)14-6-3/h4-5,11H,6-8H2,1-3H3/b9-4+,10-5-. The number of rotatable bonds is 2. The Morgan fingerprint density at radius 1 is 1.50 bits per heavy atom. The molecule has 1 aliphatic rings. The van der Waals surface area contributed by atoms with E-state index in [0.29, 0.717) is 6.61 Å². The first kappa shape index (κ1) is 11.0. The summed E-state index contributed by atoms with van der Waals surface area (Å²) in [5, 5.41) is 0. The molecular formula is C12H18O2. The van der Waals surface area contributed by atoms with E-state index in [0.717, 1.165) is 18.4 Å². The molecule has 1 fully saturated rings. The number of esters is 1. The highest BCUT2D eigenvalue weighted by atomic mass is 16.5. The van der Waals surface area contributed by atoms with E-state index < -0.39 is 0 Å². The van der Waals surface area contributed by atoms with Crippen molar-refractivity contribution in [2.24, 2.45) is 5.92 Å². The van der Waals surface area contributed by atoms with Gasteiger partial charge in [0.15, 0.2) is 0 Å². The summed E-state index contributed by atoms with van der Waals surface area (Å²) in [4.78, 5) is 11.6. The van der Waals surface area contributed by atoms with E-state index in [4.69, 9.17) is 4.74 Å². The maximum atomic E-state index is 11.6. The molecule has 0 spiro atoms. The summed E-state index contributed by atoms with van der Waals surface area (Å²) in [6.45, 7) is 6.32. The molecule has 1 rings (SSSR count). The Hall–Kier alpha value is -1.05. The van der Waals surface area contributed by atoms with Gasteiger partial charge in [-0.25, -0.2) is 0 Å². The van der Waals surface area contributed by atoms with Crippen LogP contribution in [0.25, 0.3) is 0 Å². The maximum absolute atomic E-state index is 11.6. The predicted molar refractivity (Wildman–Crippen MR) is 56.9 cm³/mol. The quantitative estimate of drug-likeness (QED) is 0.632. The molecule has 0 aromatic heterocycles. The largest absolute Gasteiger partial charge is 0.466 e. The molecule has 2 heteroatoms. The van der Waals surface area contributed by atoms with E-state index in [-0.39, 0.29) is 11.9 Å². The van der Waals surface area contributed by atoms with Crippen molar-refractivity contribution in [3.05, 3.63) is 23.3 Å². The number of allylic oxidation sites excluding steroid dienone is 3. The second-order valence-electron chi connectivity index (χ2n) is 3.40. The van der Waals surface area contributed by atoms with Gasteiger partial charge in [-0.3, -0.25) is 4.79 Å². The third kappa shape index (κ3) is 2.06. The van der Waals surface area contributed by atoms with Gasteiger partial charge in [-0.2, -0.15) is 0 Å². The molecule has 0 heterocycles. The zero-order valence-electron chi connectivity index (χ0n) is 9.17. The molecule has 0 aromatic carbocycles. The summed E-state index contributed by atoms with van der Waals surface area (Å²) in [7, 11) is 0. The van der Waals surface area contributed by atoms with Crippen molar-refractivity contribution in [2.75, 3.05) is 6.61 Å². The van der Waals surface area contributed by atoms with Gasteiger partial charge in [-0.1, -0.05) is 12.2 Å². The molecule has 1 saturated carbocycles. The van der Waals surface area contributed by atoms with Crippen LogP contribution in [0.5, 0.6) is 0 Å². The Morgan fingerprint density at radius 2 is 2.21 bits per heavy atom. The molecule has 14 heavy (non-hydrogen) atoms. The van der Waals surface area contributed by atoms with E-state index in [9.17, 15) is 4.79 Å². The number of hydrogen-bond donors (Lipinski definition) is 0. The molecule has 78 valence electrons. The zero-order valence-corrected chi connectivity index (χ0v) is 9.17. The van der Waals surface area contributed by atoms with E-state index in [2.05, 4.69) is 6.08 Å². The summed E-state index contributed by atoms with van der Waals surface area (Å²) in [5.41, 5.74) is 2.46. The van der Waals surface area contributed by atoms with Gasteiger partial charge in [0.25, 0.3) is 0 Å². The molecule has 0 N–H and O–H groups in total. The molecule has 0 bridgehead atoms. The minimum Gasteiger partial charge on any atom is -0.466 e. The van der Waals surface area contributed by atoms with Crippen molar-refractivity contribution in [1.29, 1.82) is 0 Å². The highest BCUT2D eigenvalue weighted by Gasteiger charge is 2.31. The number of ether oxygens (including phenoxy) is 1. The van der Waals surface area contributed by atoms with Crippen LogP contribution in [0.4, 0.5) is 0 Å². The lowest BCUT2D eigenvalue weighted by Gasteiger charge is -2.10. The molecule has 0 aliphatic heterocycles. The molecule has 0 saturated heterocycles. The maximum Gasteiger partial charge on any atom is 0.313 e. The molecule has 1 unspecified atom stereocenters. The van der Waals surface area contributed by atoms with Crippen molar-refractivity contribution in [1.82, 2.24) is 0 Å². The first-order valence-electron chi connectivity index (χ1n) is 5.23. The molecule has 0 amide bonds. The van der Waals surface area contributed by atoms with Gasteiger partial charge in [0.1, 0.15) is 0 Å². The number of carbonyl (C=O) groups is 1. The van der Waals surface area contributed by atoms with Crippen molar-refractivity contribution >= 4 is 5.97 Å².